The number of nitrogens with zero attached hydrogens (tertiary/aromatic N) is 1. The van der Waals surface area contributed by atoms with Gasteiger partial charge >= 0.3 is 0 Å². The van der Waals surface area contributed by atoms with Gasteiger partial charge in [-0.2, -0.15) is 0 Å². The van der Waals surface area contributed by atoms with Crippen LogP contribution in [0.4, 0.5) is 11.4 Å². The molecule has 34 heavy (non-hydrogen) atoms. The molecule has 0 atom stereocenters. The van der Waals surface area contributed by atoms with Crippen LogP contribution in [0.2, 0.25) is 0 Å². The summed E-state index contributed by atoms with van der Waals surface area (Å²) in [7, 11) is 0. The zero-order valence-corrected chi connectivity index (χ0v) is 18.6. The molecular weight excluding hydrogens is 412 g/mol. The second-order valence-corrected chi connectivity index (χ2v) is 8.73. The molecule has 0 saturated heterocycles. The number of para-hydroxylation sites is 1. The highest BCUT2D eigenvalue weighted by molar-refractivity contribution is 6.11. The Balaban J connectivity index is 1.45. The maximum atomic E-state index is 3.67. The summed E-state index contributed by atoms with van der Waals surface area (Å²) in [6, 6.07) is 45.5. The van der Waals surface area contributed by atoms with Gasteiger partial charge in [0.25, 0.3) is 0 Å². The van der Waals surface area contributed by atoms with Gasteiger partial charge in [0.15, 0.2) is 0 Å². The number of aromatic nitrogens is 1. The fourth-order valence-corrected chi connectivity index (χ4v) is 5.20. The normalized spacial score (nSPS) is 11.5. The van der Waals surface area contributed by atoms with Gasteiger partial charge in [0, 0.05) is 32.9 Å². The lowest BCUT2D eigenvalue weighted by Crippen LogP contribution is -1.95. The molecule has 0 spiro atoms. The Labute approximate surface area is 197 Å². The molecule has 0 bridgehead atoms. The van der Waals surface area contributed by atoms with E-state index >= 15 is 0 Å². The molecule has 6 aromatic carbocycles. The van der Waals surface area contributed by atoms with Crippen molar-refractivity contribution in [1.82, 2.24) is 4.57 Å². The second kappa shape index (κ2) is 7.50. The third-order valence-corrected chi connectivity index (χ3v) is 6.75. The van der Waals surface area contributed by atoms with Gasteiger partial charge in [-0.1, -0.05) is 91.0 Å². The van der Waals surface area contributed by atoms with Crippen molar-refractivity contribution in [3.8, 4) is 5.69 Å². The second-order valence-electron chi connectivity index (χ2n) is 8.73. The van der Waals surface area contributed by atoms with Gasteiger partial charge in [0.05, 0.1) is 16.7 Å². The van der Waals surface area contributed by atoms with Crippen LogP contribution >= 0.6 is 0 Å². The number of anilines is 2. The van der Waals surface area contributed by atoms with Crippen molar-refractivity contribution in [1.29, 1.82) is 0 Å². The Hall–Kier alpha value is -4.56. The zero-order chi connectivity index (χ0) is 22.5. The largest absolute Gasteiger partial charge is 0.355 e. The van der Waals surface area contributed by atoms with Crippen molar-refractivity contribution < 1.29 is 0 Å². The number of fused-ring (bicyclic) bond motifs is 5. The molecule has 1 N–H and O–H groups in total. The maximum absolute atomic E-state index is 3.67. The molecule has 1 heterocycles. The molecule has 0 fully saturated rings. The summed E-state index contributed by atoms with van der Waals surface area (Å²) in [4.78, 5) is 0. The van der Waals surface area contributed by atoms with Crippen molar-refractivity contribution in [3.05, 3.63) is 127 Å². The minimum atomic E-state index is 1.09. The minimum Gasteiger partial charge on any atom is -0.355 e. The Morgan fingerprint density at radius 2 is 1.06 bits per heavy atom. The van der Waals surface area contributed by atoms with E-state index in [0.29, 0.717) is 0 Å². The van der Waals surface area contributed by atoms with Crippen LogP contribution in [0.25, 0.3) is 49.0 Å². The fraction of sp³-hybridized carbons (Fsp3) is 0. The first-order valence-corrected chi connectivity index (χ1v) is 11.6. The van der Waals surface area contributed by atoms with Crippen LogP contribution in [0.5, 0.6) is 0 Å². The van der Waals surface area contributed by atoms with Crippen LogP contribution in [-0.4, -0.2) is 4.57 Å². The van der Waals surface area contributed by atoms with E-state index in [-0.39, 0.29) is 0 Å². The lowest BCUT2D eigenvalue weighted by atomic mass is 10.1. The Morgan fingerprint density at radius 3 is 1.91 bits per heavy atom. The van der Waals surface area contributed by atoms with Crippen molar-refractivity contribution in [2.45, 2.75) is 0 Å². The predicted octanol–water partition coefficient (Wildman–Crippen LogP) is 8.83. The number of benzene rings is 6. The van der Waals surface area contributed by atoms with Gasteiger partial charge in [-0.25, -0.2) is 0 Å². The van der Waals surface area contributed by atoms with Gasteiger partial charge in [-0.05, 0) is 47.2 Å². The third kappa shape index (κ3) is 2.89. The van der Waals surface area contributed by atoms with Gasteiger partial charge in [0.1, 0.15) is 0 Å². The Kier molecular flexibility index (Phi) is 4.18. The summed E-state index contributed by atoms with van der Waals surface area (Å²) < 4.78 is 2.40. The predicted molar refractivity (Wildman–Crippen MR) is 146 cm³/mol. The lowest BCUT2D eigenvalue weighted by molar-refractivity contribution is 1.20. The number of rotatable bonds is 3. The summed E-state index contributed by atoms with van der Waals surface area (Å²) >= 11 is 0. The molecule has 7 rings (SSSR count). The molecule has 0 radical (unpaired) electrons. The van der Waals surface area contributed by atoms with Crippen molar-refractivity contribution in [2.24, 2.45) is 0 Å². The highest BCUT2D eigenvalue weighted by atomic mass is 15.0. The van der Waals surface area contributed by atoms with Crippen LogP contribution < -0.4 is 5.32 Å². The number of hydrogen-bond donors (Lipinski definition) is 1. The molecule has 2 nitrogen and oxygen atoms in total. The molecule has 160 valence electrons. The molecule has 0 amide bonds. The minimum absolute atomic E-state index is 1.09. The average molecular weight is 435 g/mol. The van der Waals surface area contributed by atoms with Crippen molar-refractivity contribution >= 4 is 54.7 Å². The molecular formula is C32H22N2. The first kappa shape index (κ1) is 19.0. The van der Waals surface area contributed by atoms with Gasteiger partial charge < -0.3 is 9.88 Å². The number of nitrogens with one attached hydrogen (secondary N) is 1. The SMILES string of the molecule is c1ccc2c(Nc3ccc4c(c3)c3ccccc3n4-c3cccc4ccccc34)cccc2c1. The van der Waals surface area contributed by atoms with E-state index in [4.69, 9.17) is 0 Å². The molecule has 1 aromatic heterocycles. The topological polar surface area (TPSA) is 17.0 Å². The van der Waals surface area contributed by atoms with E-state index in [9.17, 15) is 0 Å². The van der Waals surface area contributed by atoms with E-state index in [1.54, 1.807) is 0 Å². The first-order valence-electron chi connectivity index (χ1n) is 11.6. The standard InChI is InChI=1S/C32H22N2/c1-3-13-25-22(9-1)11-7-16-29(25)33-24-19-20-32-28(21-24)27-15-5-6-17-31(27)34(32)30-18-8-12-23-10-2-4-14-26(23)30/h1-21,33H. The molecule has 0 unspecified atom stereocenters. The Bertz CT molecular complexity index is 1830. The van der Waals surface area contributed by atoms with Gasteiger partial charge in [-0.15, -0.1) is 0 Å². The highest BCUT2D eigenvalue weighted by Crippen LogP contribution is 2.36. The molecule has 2 heteroatoms. The molecule has 7 aromatic rings. The summed E-state index contributed by atoms with van der Waals surface area (Å²) in [5, 5.41) is 11.1. The van der Waals surface area contributed by atoms with Gasteiger partial charge in [-0.3, -0.25) is 0 Å². The van der Waals surface area contributed by atoms with Crippen LogP contribution in [-0.2, 0) is 0 Å². The molecule has 0 aliphatic rings. The van der Waals surface area contributed by atoms with E-state index in [1.165, 1.54) is 49.0 Å². The first-order chi connectivity index (χ1) is 16.9. The van der Waals surface area contributed by atoms with Crippen molar-refractivity contribution in [3.63, 3.8) is 0 Å². The Morgan fingerprint density at radius 1 is 0.441 bits per heavy atom. The lowest BCUT2D eigenvalue weighted by Gasteiger charge is -2.12. The monoisotopic (exact) mass is 434 g/mol. The third-order valence-electron chi connectivity index (χ3n) is 6.75. The average Bonchev–Trinajstić information content (AvgIpc) is 3.22. The van der Waals surface area contributed by atoms with E-state index in [2.05, 4.69) is 137 Å². The smallest absolute Gasteiger partial charge is 0.0542 e. The van der Waals surface area contributed by atoms with Crippen LogP contribution in [0.3, 0.4) is 0 Å². The van der Waals surface area contributed by atoms with Crippen LogP contribution in [0, 0.1) is 0 Å². The summed E-state index contributed by atoms with van der Waals surface area (Å²) in [5.41, 5.74) is 5.84. The quantitative estimate of drug-likeness (QED) is 0.294. The summed E-state index contributed by atoms with van der Waals surface area (Å²) in [6.45, 7) is 0. The maximum Gasteiger partial charge on any atom is 0.0542 e. The molecule has 0 aliphatic heterocycles. The fourth-order valence-electron chi connectivity index (χ4n) is 5.20. The highest BCUT2D eigenvalue weighted by Gasteiger charge is 2.14. The van der Waals surface area contributed by atoms with E-state index in [0.717, 1.165) is 11.4 Å². The zero-order valence-electron chi connectivity index (χ0n) is 18.6. The molecule has 0 aliphatic carbocycles. The van der Waals surface area contributed by atoms with Gasteiger partial charge in [0.2, 0.25) is 0 Å². The van der Waals surface area contributed by atoms with Crippen LogP contribution in [0.1, 0.15) is 0 Å². The van der Waals surface area contributed by atoms with E-state index < -0.39 is 0 Å². The molecule has 0 saturated carbocycles. The van der Waals surface area contributed by atoms with Crippen molar-refractivity contribution in [2.75, 3.05) is 5.32 Å². The summed E-state index contributed by atoms with van der Waals surface area (Å²) in [5.74, 6) is 0. The van der Waals surface area contributed by atoms with E-state index in [1.807, 2.05) is 0 Å². The summed E-state index contributed by atoms with van der Waals surface area (Å²) in [6.07, 6.45) is 0. The number of hydrogen-bond acceptors (Lipinski definition) is 1. The van der Waals surface area contributed by atoms with Crippen LogP contribution in [0.15, 0.2) is 127 Å².